The van der Waals surface area contributed by atoms with Crippen molar-refractivity contribution in [3.8, 4) is 5.75 Å². The van der Waals surface area contributed by atoms with Crippen molar-refractivity contribution in [2.75, 3.05) is 26.2 Å². The molecule has 0 spiro atoms. The van der Waals surface area contributed by atoms with Crippen LogP contribution in [0.2, 0.25) is 0 Å². The summed E-state index contributed by atoms with van der Waals surface area (Å²) in [5.41, 5.74) is -0.0881. The van der Waals surface area contributed by atoms with E-state index in [1.165, 1.54) is 18.5 Å². The Morgan fingerprint density at radius 2 is 2.29 bits per heavy atom. The summed E-state index contributed by atoms with van der Waals surface area (Å²) in [6.45, 7) is 3.64. The maximum atomic E-state index is 12.5. The average Bonchev–Trinajstić information content (AvgIpc) is 2.84. The summed E-state index contributed by atoms with van der Waals surface area (Å²) in [5, 5.41) is 9.44. The van der Waals surface area contributed by atoms with E-state index in [9.17, 15) is 14.7 Å². The number of ether oxygens (including phenoxy) is 1. The molecule has 0 saturated carbocycles. The van der Waals surface area contributed by atoms with Crippen LogP contribution in [0.4, 0.5) is 4.79 Å². The molecule has 2 aliphatic heterocycles. The number of rotatable bonds is 2. The first-order valence-corrected chi connectivity index (χ1v) is 6.93. The molecule has 2 saturated heterocycles. The highest BCUT2D eigenvalue weighted by Crippen LogP contribution is 2.32. The molecule has 1 unspecified atom stereocenters. The number of piperazine rings is 1. The quantitative estimate of drug-likeness (QED) is 0.873. The Morgan fingerprint density at radius 3 is 3.00 bits per heavy atom. The number of pyridine rings is 1. The smallest absolute Gasteiger partial charge is 0.410 e. The summed E-state index contributed by atoms with van der Waals surface area (Å²) in [5.74, 6) is -0.228. The SMILES string of the molecule is CCC12COC(=O)N1CCN(C(=O)c1cncc(O)c1)C2. The van der Waals surface area contributed by atoms with E-state index in [0.717, 1.165) is 6.42 Å². The maximum absolute atomic E-state index is 12.5. The number of aromatic hydroxyl groups is 1. The van der Waals surface area contributed by atoms with Crippen LogP contribution in [-0.4, -0.2) is 63.7 Å². The molecule has 7 heteroatoms. The Bertz CT molecular complexity index is 591. The molecule has 1 atom stereocenters. The topological polar surface area (TPSA) is 83.0 Å². The number of fused-ring (bicyclic) bond motifs is 1. The molecule has 1 N–H and O–H groups in total. The molecule has 1 aromatic rings. The van der Waals surface area contributed by atoms with E-state index in [2.05, 4.69) is 4.98 Å². The van der Waals surface area contributed by atoms with Crippen LogP contribution in [-0.2, 0) is 4.74 Å². The molecule has 2 amide bonds. The minimum absolute atomic E-state index is 0.0379. The maximum Gasteiger partial charge on any atom is 0.410 e. The van der Waals surface area contributed by atoms with E-state index < -0.39 is 5.54 Å². The lowest BCUT2D eigenvalue weighted by Crippen LogP contribution is -2.62. The Balaban J connectivity index is 1.82. The predicted octanol–water partition coefficient (Wildman–Crippen LogP) is 0.844. The van der Waals surface area contributed by atoms with Crippen LogP contribution >= 0.6 is 0 Å². The molecular weight excluding hydrogens is 274 g/mol. The summed E-state index contributed by atoms with van der Waals surface area (Å²) >= 11 is 0. The molecule has 2 fully saturated rings. The van der Waals surface area contributed by atoms with E-state index in [0.29, 0.717) is 31.8 Å². The number of nitrogens with zero attached hydrogens (tertiary/aromatic N) is 3. The molecule has 7 nitrogen and oxygen atoms in total. The highest BCUT2D eigenvalue weighted by molar-refractivity contribution is 5.94. The Labute approximate surface area is 122 Å². The van der Waals surface area contributed by atoms with Gasteiger partial charge in [0.1, 0.15) is 12.4 Å². The molecule has 21 heavy (non-hydrogen) atoms. The van der Waals surface area contributed by atoms with Gasteiger partial charge in [-0.2, -0.15) is 0 Å². The van der Waals surface area contributed by atoms with Gasteiger partial charge >= 0.3 is 6.09 Å². The average molecular weight is 291 g/mol. The second-order valence-electron chi connectivity index (χ2n) is 5.44. The number of carbonyl (C=O) groups excluding carboxylic acids is 2. The standard InChI is InChI=1S/C14H17N3O4/c1-2-14-8-16(3-4-17(14)13(20)21-9-14)12(19)10-5-11(18)7-15-6-10/h5-7,18H,2-4,8-9H2,1H3. The Kier molecular flexibility index (Phi) is 3.19. The first-order valence-electron chi connectivity index (χ1n) is 6.93. The Morgan fingerprint density at radius 1 is 1.48 bits per heavy atom. The first-order chi connectivity index (χ1) is 10.1. The van der Waals surface area contributed by atoms with Gasteiger partial charge in [0, 0.05) is 25.8 Å². The van der Waals surface area contributed by atoms with Crippen LogP contribution in [0, 0.1) is 0 Å². The predicted molar refractivity (Wildman–Crippen MR) is 72.9 cm³/mol. The van der Waals surface area contributed by atoms with E-state index in [1.807, 2.05) is 6.92 Å². The lowest BCUT2D eigenvalue weighted by atomic mass is 9.92. The number of aromatic nitrogens is 1. The van der Waals surface area contributed by atoms with Crippen molar-refractivity contribution in [2.45, 2.75) is 18.9 Å². The highest BCUT2D eigenvalue weighted by atomic mass is 16.6. The zero-order valence-electron chi connectivity index (χ0n) is 11.8. The molecular formula is C14H17N3O4. The van der Waals surface area contributed by atoms with Gasteiger partial charge in [-0.3, -0.25) is 14.7 Å². The van der Waals surface area contributed by atoms with Gasteiger partial charge < -0.3 is 14.7 Å². The highest BCUT2D eigenvalue weighted by Gasteiger charge is 2.50. The number of amides is 2. The van der Waals surface area contributed by atoms with Crippen LogP contribution in [0.15, 0.2) is 18.5 Å². The first kappa shape index (κ1) is 13.7. The largest absolute Gasteiger partial charge is 0.506 e. The second-order valence-corrected chi connectivity index (χ2v) is 5.44. The third kappa shape index (κ3) is 2.18. The molecule has 2 aliphatic rings. The van der Waals surface area contributed by atoms with E-state index in [4.69, 9.17) is 4.74 Å². The number of hydrogen-bond donors (Lipinski definition) is 1. The van der Waals surface area contributed by atoms with Crippen molar-refractivity contribution >= 4 is 12.0 Å². The third-order valence-electron chi connectivity index (χ3n) is 4.25. The van der Waals surface area contributed by atoms with Crippen molar-refractivity contribution in [3.63, 3.8) is 0 Å². The van der Waals surface area contributed by atoms with Crippen LogP contribution in [0.25, 0.3) is 0 Å². The van der Waals surface area contributed by atoms with Gasteiger partial charge in [-0.05, 0) is 12.5 Å². The molecule has 112 valence electrons. The van der Waals surface area contributed by atoms with Gasteiger partial charge in [-0.1, -0.05) is 6.92 Å². The van der Waals surface area contributed by atoms with E-state index >= 15 is 0 Å². The monoisotopic (exact) mass is 291 g/mol. The van der Waals surface area contributed by atoms with Crippen LogP contribution in [0.5, 0.6) is 5.75 Å². The van der Waals surface area contributed by atoms with Crippen molar-refractivity contribution in [1.82, 2.24) is 14.8 Å². The van der Waals surface area contributed by atoms with Gasteiger partial charge in [0.25, 0.3) is 5.91 Å². The van der Waals surface area contributed by atoms with E-state index in [-0.39, 0.29) is 17.7 Å². The third-order valence-corrected chi connectivity index (χ3v) is 4.25. The normalized spacial score (nSPS) is 24.7. The minimum Gasteiger partial charge on any atom is -0.506 e. The van der Waals surface area contributed by atoms with Crippen molar-refractivity contribution in [1.29, 1.82) is 0 Å². The van der Waals surface area contributed by atoms with Gasteiger partial charge in [-0.25, -0.2) is 4.79 Å². The number of cyclic esters (lactones) is 1. The lowest BCUT2D eigenvalue weighted by molar-refractivity contribution is 0.0361. The van der Waals surface area contributed by atoms with Crippen LogP contribution in [0.3, 0.4) is 0 Å². The second kappa shape index (κ2) is 4.91. The lowest BCUT2D eigenvalue weighted by Gasteiger charge is -2.44. The Hall–Kier alpha value is -2.31. The van der Waals surface area contributed by atoms with Crippen LogP contribution < -0.4 is 0 Å². The summed E-state index contributed by atoms with van der Waals surface area (Å²) in [6.07, 6.45) is 3.14. The fourth-order valence-electron chi connectivity index (χ4n) is 2.97. The zero-order valence-corrected chi connectivity index (χ0v) is 11.8. The van der Waals surface area contributed by atoms with Crippen molar-refractivity contribution < 1.29 is 19.4 Å². The summed E-state index contributed by atoms with van der Waals surface area (Å²) in [6, 6.07) is 1.40. The fourth-order valence-corrected chi connectivity index (χ4v) is 2.97. The summed E-state index contributed by atoms with van der Waals surface area (Å²) in [4.78, 5) is 31.5. The molecule has 0 radical (unpaired) electrons. The van der Waals surface area contributed by atoms with Crippen LogP contribution in [0.1, 0.15) is 23.7 Å². The molecule has 0 aliphatic carbocycles. The van der Waals surface area contributed by atoms with Crippen molar-refractivity contribution in [3.05, 3.63) is 24.0 Å². The fraction of sp³-hybridized carbons (Fsp3) is 0.500. The molecule has 0 aromatic carbocycles. The molecule has 3 rings (SSSR count). The van der Waals surface area contributed by atoms with Crippen molar-refractivity contribution in [2.24, 2.45) is 0 Å². The number of hydrogen-bond acceptors (Lipinski definition) is 5. The number of carbonyl (C=O) groups is 2. The van der Waals surface area contributed by atoms with Gasteiger partial charge in [0.05, 0.1) is 17.3 Å². The van der Waals surface area contributed by atoms with Gasteiger partial charge in [0.15, 0.2) is 0 Å². The molecule has 0 bridgehead atoms. The summed E-state index contributed by atoms with van der Waals surface area (Å²) in [7, 11) is 0. The van der Waals surface area contributed by atoms with Gasteiger partial charge in [0.2, 0.25) is 0 Å². The van der Waals surface area contributed by atoms with E-state index in [1.54, 1.807) is 9.80 Å². The van der Waals surface area contributed by atoms with Gasteiger partial charge in [-0.15, -0.1) is 0 Å². The summed E-state index contributed by atoms with van der Waals surface area (Å²) < 4.78 is 5.14. The molecule has 3 heterocycles. The molecule has 1 aromatic heterocycles. The zero-order chi connectivity index (χ0) is 15.0. The minimum atomic E-state index is -0.435.